The van der Waals surface area contributed by atoms with Crippen LogP contribution in [0, 0.1) is 11.6 Å². The molecule has 0 heterocycles. The normalized spacial score (nSPS) is 16.8. The summed E-state index contributed by atoms with van der Waals surface area (Å²) in [4.78, 5) is 0. The van der Waals surface area contributed by atoms with Crippen molar-refractivity contribution in [3.05, 3.63) is 23.3 Å². The Bertz CT molecular complexity index is 445. The molecule has 1 aromatic carbocycles. The number of hydrogen-bond donors (Lipinski definition) is 1. The van der Waals surface area contributed by atoms with Gasteiger partial charge in [0.25, 0.3) is 0 Å². The summed E-state index contributed by atoms with van der Waals surface area (Å²) in [6.07, 6.45) is 1.89. The number of ether oxygens (including phenoxy) is 2. The fraction of sp³-hybridized carbons (Fsp3) is 0.500. The molecular formula is C12H15F2NO2. The van der Waals surface area contributed by atoms with Gasteiger partial charge in [-0.3, -0.25) is 0 Å². The van der Waals surface area contributed by atoms with Gasteiger partial charge in [0.2, 0.25) is 0 Å². The molecule has 0 radical (unpaired) electrons. The van der Waals surface area contributed by atoms with E-state index in [1.165, 1.54) is 14.2 Å². The highest BCUT2D eigenvalue weighted by Crippen LogP contribution is 2.42. The summed E-state index contributed by atoms with van der Waals surface area (Å²) in [5.74, 6) is -1.44. The van der Waals surface area contributed by atoms with Crippen molar-refractivity contribution in [1.82, 2.24) is 0 Å². The maximum atomic E-state index is 13.8. The van der Waals surface area contributed by atoms with Crippen LogP contribution in [0.4, 0.5) is 8.78 Å². The fourth-order valence-electron chi connectivity index (χ4n) is 1.86. The quantitative estimate of drug-likeness (QED) is 0.879. The van der Waals surface area contributed by atoms with Crippen molar-refractivity contribution in [2.45, 2.75) is 24.8 Å². The summed E-state index contributed by atoms with van der Waals surface area (Å²) in [6.45, 7) is 0. The third-order valence-electron chi connectivity index (χ3n) is 3.08. The van der Waals surface area contributed by atoms with Gasteiger partial charge in [0.15, 0.2) is 23.1 Å². The van der Waals surface area contributed by atoms with E-state index < -0.39 is 17.2 Å². The van der Waals surface area contributed by atoms with Gasteiger partial charge in [0.05, 0.1) is 14.2 Å². The van der Waals surface area contributed by atoms with Crippen LogP contribution in [0.15, 0.2) is 6.07 Å². The van der Waals surface area contributed by atoms with Gasteiger partial charge < -0.3 is 15.2 Å². The van der Waals surface area contributed by atoms with Crippen LogP contribution < -0.4 is 15.2 Å². The maximum Gasteiger partial charge on any atom is 0.167 e. The molecule has 94 valence electrons. The van der Waals surface area contributed by atoms with E-state index in [2.05, 4.69) is 0 Å². The van der Waals surface area contributed by atoms with Gasteiger partial charge in [-0.2, -0.15) is 0 Å². The van der Waals surface area contributed by atoms with Crippen molar-refractivity contribution < 1.29 is 18.3 Å². The monoisotopic (exact) mass is 243 g/mol. The molecule has 1 fully saturated rings. The maximum absolute atomic E-state index is 13.8. The van der Waals surface area contributed by atoms with E-state index in [4.69, 9.17) is 15.2 Å². The summed E-state index contributed by atoms with van der Waals surface area (Å²) in [5, 5.41) is 0. The lowest BCUT2D eigenvalue weighted by Crippen LogP contribution is -2.25. The van der Waals surface area contributed by atoms with Crippen molar-refractivity contribution in [2.75, 3.05) is 14.2 Å². The van der Waals surface area contributed by atoms with Crippen LogP contribution >= 0.6 is 0 Å². The highest BCUT2D eigenvalue weighted by molar-refractivity contribution is 5.49. The Morgan fingerprint density at radius 2 is 1.94 bits per heavy atom. The molecule has 1 aliphatic rings. The van der Waals surface area contributed by atoms with Crippen LogP contribution in [-0.4, -0.2) is 19.8 Å². The number of benzene rings is 1. The van der Waals surface area contributed by atoms with Gasteiger partial charge in [-0.1, -0.05) is 0 Å². The standard InChI is InChI=1S/C12H15F2NO2/c1-16-9-5-8(13)10(14)7(11(9)17-2)6-12(15)3-4-12/h5H,3-4,6,15H2,1-2H3. The van der Waals surface area contributed by atoms with E-state index in [1.807, 2.05) is 0 Å². The molecule has 3 nitrogen and oxygen atoms in total. The summed E-state index contributed by atoms with van der Waals surface area (Å²) in [5.41, 5.74) is 5.66. The number of halogens is 2. The largest absolute Gasteiger partial charge is 0.493 e. The second kappa shape index (κ2) is 4.14. The minimum absolute atomic E-state index is 0.157. The predicted molar refractivity (Wildman–Crippen MR) is 59.3 cm³/mol. The van der Waals surface area contributed by atoms with Crippen molar-refractivity contribution in [3.63, 3.8) is 0 Å². The molecule has 0 aliphatic heterocycles. The van der Waals surface area contributed by atoms with Gasteiger partial charge in [-0.05, 0) is 19.3 Å². The average molecular weight is 243 g/mol. The molecule has 5 heteroatoms. The molecule has 0 bridgehead atoms. The summed E-state index contributed by atoms with van der Waals surface area (Å²) < 4.78 is 37.2. The van der Waals surface area contributed by atoms with Crippen molar-refractivity contribution in [1.29, 1.82) is 0 Å². The molecule has 0 unspecified atom stereocenters. The SMILES string of the molecule is COc1cc(F)c(F)c(CC2(N)CC2)c1OC. The zero-order valence-electron chi connectivity index (χ0n) is 9.85. The fourth-order valence-corrected chi connectivity index (χ4v) is 1.86. The van der Waals surface area contributed by atoms with Gasteiger partial charge in [0.1, 0.15) is 0 Å². The zero-order chi connectivity index (χ0) is 12.6. The first-order valence-corrected chi connectivity index (χ1v) is 5.38. The van der Waals surface area contributed by atoms with E-state index in [0.717, 1.165) is 18.9 Å². The average Bonchev–Trinajstić information content (AvgIpc) is 3.02. The molecule has 0 atom stereocenters. The number of hydrogen-bond acceptors (Lipinski definition) is 3. The van der Waals surface area contributed by atoms with E-state index in [-0.39, 0.29) is 23.5 Å². The minimum Gasteiger partial charge on any atom is -0.493 e. The van der Waals surface area contributed by atoms with Gasteiger partial charge in [-0.15, -0.1) is 0 Å². The molecule has 1 aromatic rings. The number of methoxy groups -OCH3 is 2. The Morgan fingerprint density at radius 1 is 1.29 bits per heavy atom. The van der Waals surface area contributed by atoms with E-state index >= 15 is 0 Å². The third-order valence-corrected chi connectivity index (χ3v) is 3.08. The number of nitrogens with two attached hydrogens (primary N) is 1. The van der Waals surface area contributed by atoms with Gasteiger partial charge in [-0.25, -0.2) is 8.78 Å². The van der Waals surface area contributed by atoms with Crippen LogP contribution in [-0.2, 0) is 6.42 Å². The number of rotatable bonds is 4. The van der Waals surface area contributed by atoms with E-state index in [9.17, 15) is 8.78 Å². The van der Waals surface area contributed by atoms with E-state index in [0.29, 0.717) is 0 Å². The summed E-state index contributed by atoms with van der Waals surface area (Å²) >= 11 is 0. The Labute approximate surface area is 98.5 Å². The molecule has 1 saturated carbocycles. The molecule has 0 saturated heterocycles. The Morgan fingerprint density at radius 3 is 2.41 bits per heavy atom. The van der Waals surface area contributed by atoms with Crippen LogP contribution in [0.3, 0.4) is 0 Å². The van der Waals surface area contributed by atoms with Crippen LogP contribution in [0.25, 0.3) is 0 Å². The van der Waals surface area contributed by atoms with E-state index in [1.54, 1.807) is 0 Å². The van der Waals surface area contributed by atoms with Crippen LogP contribution in [0.5, 0.6) is 11.5 Å². The molecule has 0 spiro atoms. The molecule has 2 rings (SSSR count). The lowest BCUT2D eigenvalue weighted by molar-refractivity contribution is 0.340. The molecule has 1 aliphatic carbocycles. The Hall–Kier alpha value is -1.36. The molecule has 2 N–H and O–H groups in total. The second-order valence-corrected chi connectivity index (χ2v) is 4.43. The summed E-state index contributed by atoms with van der Waals surface area (Å²) in [7, 11) is 2.78. The van der Waals surface area contributed by atoms with Gasteiger partial charge in [0, 0.05) is 17.2 Å². The highest BCUT2D eigenvalue weighted by Gasteiger charge is 2.40. The lowest BCUT2D eigenvalue weighted by Gasteiger charge is -2.16. The molecule has 0 aromatic heterocycles. The predicted octanol–water partition coefficient (Wildman–Crippen LogP) is 2.02. The van der Waals surface area contributed by atoms with Gasteiger partial charge >= 0.3 is 0 Å². The lowest BCUT2D eigenvalue weighted by atomic mass is 10.0. The van der Waals surface area contributed by atoms with Crippen molar-refractivity contribution in [2.24, 2.45) is 5.73 Å². The Balaban J connectivity index is 2.48. The molecule has 17 heavy (non-hydrogen) atoms. The minimum atomic E-state index is -0.943. The highest BCUT2D eigenvalue weighted by atomic mass is 19.2. The second-order valence-electron chi connectivity index (χ2n) is 4.43. The first-order chi connectivity index (χ1) is 8.00. The first kappa shape index (κ1) is 12.1. The van der Waals surface area contributed by atoms with Crippen LogP contribution in [0.2, 0.25) is 0 Å². The zero-order valence-corrected chi connectivity index (χ0v) is 9.85. The molecule has 0 amide bonds. The van der Waals surface area contributed by atoms with Crippen LogP contribution in [0.1, 0.15) is 18.4 Å². The summed E-state index contributed by atoms with van der Waals surface area (Å²) in [6, 6.07) is 0.980. The van der Waals surface area contributed by atoms with Crippen molar-refractivity contribution in [3.8, 4) is 11.5 Å². The topological polar surface area (TPSA) is 44.5 Å². The molecular weight excluding hydrogens is 228 g/mol. The smallest absolute Gasteiger partial charge is 0.167 e. The first-order valence-electron chi connectivity index (χ1n) is 5.38. The Kier molecular flexibility index (Phi) is 2.95. The third kappa shape index (κ3) is 2.20. The van der Waals surface area contributed by atoms with Crippen molar-refractivity contribution >= 4 is 0 Å².